The number of rotatable bonds is 6. The van der Waals surface area contributed by atoms with Gasteiger partial charge in [0.15, 0.2) is 5.65 Å². The lowest BCUT2D eigenvalue weighted by atomic mass is 10.4. The van der Waals surface area contributed by atoms with E-state index in [9.17, 15) is 0 Å². The third-order valence-electron chi connectivity index (χ3n) is 2.32. The standard InChI is InChI=1S/C11H17N5O/c1-3-5-6-17-10-8-9(14-7-13-8)15-11(16-10)12-4-2/h7H,3-6H2,1-2H3,(H2,12,13,14,15,16). The lowest BCUT2D eigenvalue weighted by Crippen LogP contribution is -2.06. The number of hydrogen-bond acceptors (Lipinski definition) is 5. The quantitative estimate of drug-likeness (QED) is 0.748. The average molecular weight is 235 g/mol. The third kappa shape index (κ3) is 2.64. The Morgan fingerprint density at radius 2 is 2.24 bits per heavy atom. The van der Waals surface area contributed by atoms with Crippen molar-refractivity contribution in [1.82, 2.24) is 19.9 Å². The second-order valence-corrected chi connectivity index (χ2v) is 3.69. The van der Waals surface area contributed by atoms with Crippen LogP contribution < -0.4 is 10.1 Å². The molecule has 0 aliphatic rings. The Morgan fingerprint density at radius 3 is 3.00 bits per heavy atom. The van der Waals surface area contributed by atoms with Crippen LogP contribution in [0.25, 0.3) is 11.2 Å². The number of ether oxygens (including phenoxy) is 1. The Morgan fingerprint density at radius 1 is 1.35 bits per heavy atom. The van der Waals surface area contributed by atoms with Gasteiger partial charge in [0.05, 0.1) is 12.9 Å². The van der Waals surface area contributed by atoms with Crippen molar-refractivity contribution < 1.29 is 4.74 Å². The number of anilines is 1. The summed E-state index contributed by atoms with van der Waals surface area (Å²) in [7, 11) is 0. The first-order valence-electron chi connectivity index (χ1n) is 5.93. The van der Waals surface area contributed by atoms with Crippen LogP contribution in [0.2, 0.25) is 0 Å². The molecule has 0 aromatic carbocycles. The van der Waals surface area contributed by atoms with Gasteiger partial charge in [0.1, 0.15) is 5.52 Å². The van der Waals surface area contributed by atoms with Crippen LogP contribution in [0.3, 0.4) is 0 Å². The van der Waals surface area contributed by atoms with Crippen LogP contribution in [0.4, 0.5) is 5.95 Å². The summed E-state index contributed by atoms with van der Waals surface area (Å²) in [5.74, 6) is 1.12. The van der Waals surface area contributed by atoms with Crippen LogP contribution in [-0.4, -0.2) is 33.1 Å². The number of hydrogen-bond donors (Lipinski definition) is 2. The first kappa shape index (κ1) is 11.6. The molecule has 2 aromatic heterocycles. The van der Waals surface area contributed by atoms with Gasteiger partial charge in [0.25, 0.3) is 0 Å². The number of imidazole rings is 1. The van der Waals surface area contributed by atoms with Crippen molar-refractivity contribution in [2.24, 2.45) is 0 Å². The zero-order chi connectivity index (χ0) is 12.1. The van der Waals surface area contributed by atoms with E-state index in [0.29, 0.717) is 24.1 Å². The van der Waals surface area contributed by atoms with Crippen LogP contribution in [0.1, 0.15) is 26.7 Å². The molecule has 0 saturated heterocycles. The molecule has 92 valence electrons. The molecule has 2 N–H and O–H groups in total. The molecule has 0 spiro atoms. The van der Waals surface area contributed by atoms with E-state index < -0.39 is 0 Å². The molecule has 17 heavy (non-hydrogen) atoms. The van der Waals surface area contributed by atoms with Gasteiger partial charge in [-0.2, -0.15) is 9.97 Å². The Labute approximate surface area is 99.8 Å². The maximum absolute atomic E-state index is 5.64. The Bertz CT molecular complexity index is 482. The number of aromatic nitrogens is 4. The molecule has 0 amide bonds. The van der Waals surface area contributed by atoms with Crippen molar-refractivity contribution in [1.29, 1.82) is 0 Å². The summed E-state index contributed by atoms with van der Waals surface area (Å²) >= 11 is 0. The van der Waals surface area contributed by atoms with Crippen molar-refractivity contribution in [2.45, 2.75) is 26.7 Å². The number of H-pyrrole nitrogens is 1. The molecular formula is C11H17N5O. The topological polar surface area (TPSA) is 75.7 Å². The molecule has 2 aromatic rings. The molecule has 2 heterocycles. The average Bonchev–Trinajstić information content (AvgIpc) is 2.78. The maximum atomic E-state index is 5.64. The van der Waals surface area contributed by atoms with Gasteiger partial charge in [0, 0.05) is 6.54 Å². The Hall–Kier alpha value is -1.85. The van der Waals surface area contributed by atoms with Gasteiger partial charge in [0.2, 0.25) is 11.8 Å². The maximum Gasteiger partial charge on any atom is 0.245 e. The molecule has 0 aliphatic heterocycles. The van der Waals surface area contributed by atoms with Crippen molar-refractivity contribution in [3.8, 4) is 5.88 Å². The van der Waals surface area contributed by atoms with Crippen LogP contribution in [0, 0.1) is 0 Å². The minimum atomic E-state index is 0.554. The Kier molecular flexibility index (Phi) is 3.74. The van der Waals surface area contributed by atoms with Gasteiger partial charge in [-0.1, -0.05) is 13.3 Å². The Balaban J connectivity index is 2.26. The summed E-state index contributed by atoms with van der Waals surface area (Å²) in [6, 6.07) is 0. The van der Waals surface area contributed by atoms with Gasteiger partial charge in [-0.25, -0.2) is 4.98 Å². The van der Waals surface area contributed by atoms with Gasteiger partial charge in [-0.3, -0.25) is 0 Å². The van der Waals surface area contributed by atoms with Crippen LogP contribution in [0.15, 0.2) is 6.33 Å². The van der Waals surface area contributed by atoms with E-state index in [1.165, 1.54) is 0 Å². The number of fused-ring (bicyclic) bond motifs is 1. The second kappa shape index (κ2) is 5.47. The van der Waals surface area contributed by atoms with Gasteiger partial charge in [-0.15, -0.1) is 0 Å². The minimum absolute atomic E-state index is 0.554. The molecule has 6 heteroatoms. The molecule has 0 fully saturated rings. The molecule has 0 atom stereocenters. The predicted octanol–water partition coefficient (Wildman–Crippen LogP) is 1.96. The third-order valence-corrected chi connectivity index (χ3v) is 2.32. The van der Waals surface area contributed by atoms with E-state index in [2.05, 4.69) is 32.2 Å². The summed E-state index contributed by atoms with van der Waals surface area (Å²) in [5.41, 5.74) is 1.38. The van der Waals surface area contributed by atoms with E-state index >= 15 is 0 Å². The highest BCUT2D eigenvalue weighted by molar-refractivity contribution is 5.76. The lowest BCUT2D eigenvalue weighted by Gasteiger charge is -2.07. The molecule has 0 radical (unpaired) electrons. The molecule has 0 aliphatic carbocycles. The first-order valence-corrected chi connectivity index (χ1v) is 5.93. The second-order valence-electron chi connectivity index (χ2n) is 3.69. The highest BCUT2D eigenvalue weighted by atomic mass is 16.5. The van der Waals surface area contributed by atoms with E-state index in [1.54, 1.807) is 6.33 Å². The van der Waals surface area contributed by atoms with E-state index in [-0.39, 0.29) is 0 Å². The van der Waals surface area contributed by atoms with Gasteiger partial charge < -0.3 is 15.0 Å². The fourth-order valence-corrected chi connectivity index (χ4v) is 1.46. The summed E-state index contributed by atoms with van der Waals surface area (Å²) in [6.45, 7) is 5.55. The SMILES string of the molecule is CCCCOc1nc(NCC)nc2nc[nH]c12. The van der Waals surface area contributed by atoms with Crippen molar-refractivity contribution in [2.75, 3.05) is 18.5 Å². The molecule has 0 bridgehead atoms. The van der Waals surface area contributed by atoms with E-state index in [1.807, 2.05) is 6.92 Å². The smallest absolute Gasteiger partial charge is 0.245 e. The molecule has 0 unspecified atom stereocenters. The number of nitrogens with zero attached hydrogens (tertiary/aromatic N) is 3. The highest BCUT2D eigenvalue weighted by Crippen LogP contribution is 2.20. The fraction of sp³-hybridized carbons (Fsp3) is 0.545. The lowest BCUT2D eigenvalue weighted by molar-refractivity contribution is 0.301. The van der Waals surface area contributed by atoms with Crippen molar-refractivity contribution in [3.05, 3.63) is 6.33 Å². The minimum Gasteiger partial charge on any atom is -0.476 e. The van der Waals surface area contributed by atoms with Crippen LogP contribution >= 0.6 is 0 Å². The highest BCUT2D eigenvalue weighted by Gasteiger charge is 2.10. The normalized spacial score (nSPS) is 10.7. The molecule has 2 rings (SSSR count). The number of aromatic amines is 1. The zero-order valence-electron chi connectivity index (χ0n) is 10.2. The molecular weight excluding hydrogens is 218 g/mol. The first-order chi connectivity index (χ1) is 8.35. The summed E-state index contributed by atoms with van der Waals surface area (Å²) in [6.07, 6.45) is 3.70. The van der Waals surface area contributed by atoms with Crippen LogP contribution in [-0.2, 0) is 0 Å². The predicted molar refractivity (Wildman–Crippen MR) is 66.3 cm³/mol. The van der Waals surface area contributed by atoms with E-state index in [4.69, 9.17) is 4.74 Å². The van der Waals surface area contributed by atoms with Crippen molar-refractivity contribution >= 4 is 17.1 Å². The summed E-state index contributed by atoms with van der Waals surface area (Å²) < 4.78 is 5.64. The van der Waals surface area contributed by atoms with Gasteiger partial charge in [-0.05, 0) is 13.3 Å². The summed E-state index contributed by atoms with van der Waals surface area (Å²) in [4.78, 5) is 15.7. The van der Waals surface area contributed by atoms with E-state index in [0.717, 1.165) is 24.9 Å². The molecule has 6 nitrogen and oxygen atoms in total. The zero-order valence-corrected chi connectivity index (χ0v) is 10.2. The van der Waals surface area contributed by atoms with Crippen LogP contribution in [0.5, 0.6) is 5.88 Å². The van der Waals surface area contributed by atoms with Crippen molar-refractivity contribution in [3.63, 3.8) is 0 Å². The number of nitrogens with one attached hydrogen (secondary N) is 2. The number of unbranched alkanes of at least 4 members (excludes halogenated alkanes) is 1. The summed E-state index contributed by atoms with van der Waals surface area (Å²) in [5, 5.41) is 3.06. The molecule has 0 saturated carbocycles. The largest absolute Gasteiger partial charge is 0.476 e. The van der Waals surface area contributed by atoms with Gasteiger partial charge >= 0.3 is 0 Å². The fourth-order valence-electron chi connectivity index (χ4n) is 1.46. The monoisotopic (exact) mass is 235 g/mol.